The first-order valence-electron chi connectivity index (χ1n) is 6.97. The van der Waals surface area contributed by atoms with Gasteiger partial charge in [0.25, 0.3) is 0 Å². The highest BCUT2D eigenvalue weighted by atomic mass is 16.5. The molecular formula is C15H20N4O. The van der Waals surface area contributed by atoms with Crippen molar-refractivity contribution in [1.82, 2.24) is 20.4 Å². The van der Waals surface area contributed by atoms with E-state index in [1.54, 1.807) is 0 Å². The van der Waals surface area contributed by atoms with Crippen molar-refractivity contribution in [3.05, 3.63) is 48.1 Å². The lowest BCUT2D eigenvalue weighted by Crippen LogP contribution is -2.60. The molecule has 0 spiro atoms. The number of benzene rings is 1. The highest BCUT2D eigenvalue weighted by molar-refractivity contribution is 5.25. The van der Waals surface area contributed by atoms with Gasteiger partial charge in [0, 0.05) is 19.1 Å². The summed E-state index contributed by atoms with van der Waals surface area (Å²) in [7, 11) is 0. The predicted molar refractivity (Wildman–Crippen MR) is 76.0 cm³/mol. The van der Waals surface area contributed by atoms with Gasteiger partial charge in [-0.2, -0.15) is 4.98 Å². The number of rotatable bonds is 3. The average molecular weight is 272 g/mol. The Balaban J connectivity index is 1.78. The molecule has 106 valence electrons. The van der Waals surface area contributed by atoms with Gasteiger partial charge in [-0.25, -0.2) is 0 Å². The molecule has 2 atom stereocenters. The molecule has 5 nitrogen and oxygen atoms in total. The van der Waals surface area contributed by atoms with Crippen LogP contribution >= 0.6 is 0 Å². The second-order valence-electron chi connectivity index (χ2n) is 5.68. The molecule has 1 aliphatic heterocycles. The van der Waals surface area contributed by atoms with Crippen molar-refractivity contribution in [3.8, 4) is 0 Å². The second kappa shape index (κ2) is 5.34. The van der Waals surface area contributed by atoms with Crippen LogP contribution in [0.2, 0.25) is 0 Å². The topological polar surface area (TPSA) is 54.2 Å². The summed E-state index contributed by atoms with van der Waals surface area (Å²) in [5, 5.41) is 7.58. The standard InChI is InChI=1S/C15H20N4O/c1-12-8-17-15(2,13-6-4-3-5-7-13)10-19(12)9-14-16-11-20-18-14/h3-7,11-12,17H,8-10H2,1-2H3. The Morgan fingerprint density at radius 2 is 2.20 bits per heavy atom. The van der Waals surface area contributed by atoms with Gasteiger partial charge >= 0.3 is 0 Å². The van der Waals surface area contributed by atoms with E-state index in [1.807, 2.05) is 0 Å². The molecule has 2 heterocycles. The van der Waals surface area contributed by atoms with Crippen LogP contribution in [0.5, 0.6) is 0 Å². The van der Waals surface area contributed by atoms with Crippen LogP contribution in [-0.2, 0) is 12.1 Å². The number of hydrogen-bond donors (Lipinski definition) is 1. The fourth-order valence-electron chi connectivity index (χ4n) is 2.77. The first-order valence-corrected chi connectivity index (χ1v) is 6.97. The van der Waals surface area contributed by atoms with Crippen molar-refractivity contribution in [2.75, 3.05) is 13.1 Å². The molecule has 1 aromatic carbocycles. The Hall–Kier alpha value is -1.72. The van der Waals surface area contributed by atoms with E-state index in [2.05, 4.69) is 64.5 Å². The summed E-state index contributed by atoms with van der Waals surface area (Å²) in [6.45, 7) is 7.06. The number of nitrogens with one attached hydrogen (secondary N) is 1. The first-order chi connectivity index (χ1) is 9.67. The lowest BCUT2D eigenvalue weighted by atomic mass is 9.88. The molecule has 0 bridgehead atoms. The normalized spacial score (nSPS) is 27.6. The summed E-state index contributed by atoms with van der Waals surface area (Å²) in [6, 6.07) is 11.0. The molecule has 2 unspecified atom stereocenters. The minimum absolute atomic E-state index is 0.0441. The van der Waals surface area contributed by atoms with Gasteiger partial charge in [-0.15, -0.1) is 0 Å². The van der Waals surface area contributed by atoms with Crippen molar-refractivity contribution < 1.29 is 4.52 Å². The fourth-order valence-corrected chi connectivity index (χ4v) is 2.77. The third-order valence-electron chi connectivity index (χ3n) is 4.09. The summed E-state index contributed by atoms with van der Waals surface area (Å²) in [5.41, 5.74) is 1.27. The molecule has 1 saturated heterocycles. The molecule has 3 rings (SSSR count). The average Bonchev–Trinajstić information content (AvgIpc) is 2.97. The molecule has 20 heavy (non-hydrogen) atoms. The maximum Gasteiger partial charge on any atom is 0.213 e. The van der Waals surface area contributed by atoms with Crippen LogP contribution in [0.4, 0.5) is 0 Å². The van der Waals surface area contributed by atoms with E-state index in [9.17, 15) is 0 Å². The minimum Gasteiger partial charge on any atom is -0.343 e. The van der Waals surface area contributed by atoms with Crippen LogP contribution in [0.25, 0.3) is 0 Å². The van der Waals surface area contributed by atoms with Gasteiger partial charge in [-0.3, -0.25) is 4.90 Å². The molecular weight excluding hydrogens is 252 g/mol. The Kier molecular flexibility index (Phi) is 3.54. The van der Waals surface area contributed by atoms with Crippen LogP contribution in [-0.4, -0.2) is 34.2 Å². The molecule has 1 aliphatic rings. The highest BCUT2D eigenvalue weighted by Gasteiger charge is 2.35. The maximum atomic E-state index is 4.82. The zero-order chi connectivity index (χ0) is 14.0. The molecule has 1 aromatic heterocycles. The van der Waals surface area contributed by atoms with Gasteiger partial charge in [-0.05, 0) is 19.4 Å². The Morgan fingerprint density at radius 3 is 2.90 bits per heavy atom. The van der Waals surface area contributed by atoms with Crippen LogP contribution in [0.3, 0.4) is 0 Å². The monoisotopic (exact) mass is 272 g/mol. The van der Waals surface area contributed by atoms with Crippen LogP contribution < -0.4 is 5.32 Å². The third kappa shape index (κ3) is 2.59. The molecule has 0 aliphatic carbocycles. The summed E-state index contributed by atoms with van der Waals surface area (Å²) in [4.78, 5) is 6.52. The molecule has 1 N–H and O–H groups in total. The molecule has 0 amide bonds. The SMILES string of the molecule is CC1CNC(C)(c2ccccc2)CN1Cc1ncon1. The highest BCUT2D eigenvalue weighted by Crippen LogP contribution is 2.26. The number of nitrogens with zero attached hydrogens (tertiary/aromatic N) is 3. The van der Waals surface area contributed by atoms with E-state index < -0.39 is 0 Å². The van der Waals surface area contributed by atoms with E-state index >= 15 is 0 Å². The smallest absolute Gasteiger partial charge is 0.213 e. The fraction of sp³-hybridized carbons (Fsp3) is 0.467. The van der Waals surface area contributed by atoms with Gasteiger partial charge in [0.2, 0.25) is 6.39 Å². The first kappa shape index (κ1) is 13.3. The Labute approximate surface area is 119 Å². The van der Waals surface area contributed by atoms with E-state index in [0.29, 0.717) is 6.04 Å². The molecule has 0 radical (unpaired) electrons. The maximum absolute atomic E-state index is 4.82. The summed E-state index contributed by atoms with van der Waals surface area (Å²) in [5.74, 6) is 0.745. The van der Waals surface area contributed by atoms with Gasteiger partial charge in [0.1, 0.15) is 0 Å². The lowest BCUT2D eigenvalue weighted by molar-refractivity contribution is 0.0846. The quantitative estimate of drug-likeness (QED) is 0.923. The number of piperazine rings is 1. The van der Waals surface area contributed by atoms with Crippen molar-refractivity contribution >= 4 is 0 Å². The third-order valence-corrected chi connectivity index (χ3v) is 4.09. The number of aromatic nitrogens is 2. The molecule has 5 heteroatoms. The Bertz CT molecular complexity index is 542. The van der Waals surface area contributed by atoms with Crippen molar-refractivity contribution in [2.24, 2.45) is 0 Å². The summed E-state index contributed by atoms with van der Waals surface area (Å²) >= 11 is 0. The predicted octanol–water partition coefficient (Wildman–Crippen LogP) is 1.78. The van der Waals surface area contributed by atoms with E-state index in [1.165, 1.54) is 12.0 Å². The van der Waals surface area contributed by atoms with E-state index in [-0.39, 0.29) is 5.54 Å². The molecule has 2 aromatic rings. The van der Waals surface area contributed by atoms with E-state index in [0.717, 1.165) is 25.5 Å². The lowest BCUT2D eigenvalue weighted by Gasteiger charge is -2.45. The van der Waals surface area contributed by atoms with E-state index in [4.69, 9.17) is 4.52 Å². The van der Waals surface area contributed by atoms with Crippen LogP contribution in [0, 0.1) is 0 Å². The van der Waals surface area contributed by atoms with Crippen LogP contribution in [0.15, 0.2) is 41.2 Å². The molecule has 1 fully saturated rings. The Morgan fingerprint density at radius 1 is 1.40 bits per heavy atom. The molecule has 0 saturated carbocycles. The van der Waals surface area contributed by atoms with Crippen LogP contribution in [0.1, 0.15) is 25.2 Å². The summed E-state index contributed by atoms with van der Waals surface area (Å²) in [6.07, 6.45) is 1.39. The second-order valence-corrected chi connectivity index (χ2v) is 5.68. The van der Waals surface area contributed by atoms with Gasteiger partial charge < -0.3 is 9.84 Å². The van der Waals surface area contributed by atoms with Crippen molar-refractivity contribution in [3.63, 3.8) is 0 Å². The van der Waals surface area contributed by atoms with Crippen molar-refractivity contribution in [2.45, 2.75) is 32.0 Å². The largest absolute Gasteiger partial charge is 0.343 e. The number of hydrogen-bond acceptors (Lipinski definition) is 5. The minimum atomic E-state index is -0.0441. The van der Waals surface area contributed by atoms with Crippen molar-refractivity contribution in [1.29, 1.82) is 0 Å². The van der Waals surface area contributed by atoms with Gasteiger partial charge in [0.15, 0.2) is 5.82 Å². The zero-order valence-electron chi connectivity index (χ0n) is 11.9. The zero-order valence-corrected chi connectivity index (χ0v) is 11.9. The van der Waals surface area contributed by atoms with Gasteiger partial charge in [-0.1, -0.05) is 35.5 Å². The van der Waals surface area contributed by atoms with Gasteiger partial charge in [0.05, 0.1) is 12.1 Å². The summed E-state index contributed by atoms with van der Waals surface area (Å²) < 4.78 is 4.82.